The Labute approximate surface area is 295 Å². The Kier molecular flexibility index (Phi) is 10.2. The van der Waals surface area contributed by atoms with E-state index in [2.05, 4.69) is 31.1 Å². The molecule has 1 N–H and O–H groups in total. The Hall–Kier alpha value is -3.51. The molecular formula is C38H52BFN2O8. The Morgan fingerprint density at radius 1 is 1.04 bits per heavy atom. The van der Waals surface area contributed by atoms with Gasteiger partial charge in [0.15, 0.2) is 5.78 Å². The van der Waals surface area contributed by atoms with Crippen molar-refractivity contribution in [3.05, 3.63) is 58.7 Å². The van der Waals surface area contributed by atoms with Gasteiger partial charge < -0.3 is 28.8 Å². The van der Waals surface area contributed by atoms with Gasteiger partial charge in [-0.25, -0.2) is 14.0 Å². The Bertz CT molecular complexity index is 1620. The van der Waals surface area contributed by atoms with Crippen LogP contribution in [-0.2, 0) is 30.0 Å². The van der Waals surface area contributed by atoms with Crippen LogP contribution >= 0.6 is 0 Å². The first-order chi connectivity index (χ1) is 23.1. The number of hydrogen-bond donors (Lipinski definition) is 1. The number of ketones is 1. The van der Waals surface area contributed by atoms with Crippen LogP contribution in [0.2, 0.25) is 5.82 Å². The van der Waals surface area contributed by atoms with Gasteiger partial charge in [0.05, 0.1) is 24.5 Å². The molecule has 1 aromatic carbocycles. The van der Waals surface area contributed by atoms with E-state index in [0.717, 1.165) is 18.4 Å². The lowest BCUT2D eigenvalue weighted by molar-refractivity contribution is -0.199. The van der Waals surface area contributed by atoms with E-state index in [9.17, 15) is 14.4 Å². The molecule has 6 rings (SSSR count). The molecule has 3 aliphatic carbocycles. The zero-order valence-corrected chi connectivity index (χ0v) is 31.3. The average Bonchev–Trinajstić information content (AvgIpc) is 3.36. The number of aromatic nitrogens is 1. The van der Waals surface area contributed by atoms with Gasteiger partial charge in [-0.3, -0.25) is 9.78 Å². The van der Waals surface area contributed by atoms with E-state index < -0.39 is 53.7 Å². The van der Waals surface area contributed by atoms with Gasteiger partial charge in [-0.15, -0.1) is 0 Å². The van der Waals surface area contributed by atoms with Crippen LogP contribution in [0.15, 0.2) is 30.5 Å². The molecule has 10 nitrogen and oxygen atoms in total. The van der Waals surface area contributed by atoms with Crippen molar-refractivity contribution in [3.8, 4) is 5.75 Å². The summed E-state index contributed by atoms with van der Waals surface area (Å²) in [5, 5.41) is 2.74. The Morgan fingerprint density at radius 2 is 1.72 bits per heavy atom. The summed E-state index contributed by atoms with van der Waals surface area (Å²) in [7, 11) is 0.556. The zero-order valence-electron chi connectivity index (χ0n) is 31.3. The van der Waals surface area contributed by atoms with Gasteiger partial charge in [0.25, 0.3) is 0 Å². The molecule has 1 aromatic heterocycles. The number of rotatable bonds is 10. The van der Waals surface area contributed by atoms with E-state index in [1.165, 1.54) is 13.2 Å². The number of amides is 1. The summed E-state index contributed by atoms with van der Waals surface area (Å²) in [5.41, 5.74) is -0.729. The molecule has 50 heavy (non-hydrogen) atoms. The van der Waals surface area contributed by atoms with Gasteiger partial charge in [0.2, 0.25) is 0 Å². The number of pyridine rings is 1. The molecule has 3 saturated carbocycles. The molecule has 1 saturated heterocycles. The quantitative estimate of drug-likeness (QED) is 0.201. The largest absolute Gasteiger partial charge is 0.495 e. The average molecular weight is 695 g/mol. The zero-order chi connectivity index (χ0) is 37.0. The predicted molar refractivity (Wildman–Crippen MR) is 186 cm³/mol. The smallest absolute Gasteiger partial charge is 0.461 e. The number of hydrogen-bond acceptors (Lipinski definition) is 9. The molecule has 4 aliphatic rings. The fourth-order valence-corrected chi connectivity index (χ4v) is 7.93. The van der Waals surface area contributed by atoms with E-state index in [1.807, 2.05) is 13.0 Å². The van der Waals surface area contributed by atoms with Gasteiger partial charge in [-0.2, -0.15) is 0 Å². The van der Waals surface area contributed by atoms with E-state index in [1.54, 1.807) is 59.9 Å². The lowest BCUT2D eigenvalue weighted by Gasteiger charge is -2.64. The second-order valence-electron chi connectivity index (χ2n) is 16.9. The normalized spacial score (nSPS) is 25.1. The van der Waals surface area contributed by atoms with Crippen molar-refractivity contribution in [1.82, 2.24) is 10.3 Å². The SMILES string of the molecule is COc1c(C[C@H](CC(=O)C(NC(=O)OC(C)(C)C)c2ccc(C)cn2)B2OC3C[C@H]4C[C@@H](C4(C)C)[C@]3(C)O2)ccc(F)c1C(=O)OC(C)(C)C. The number of alkyl carbamates (subject to hydrolysis) is 1. The van der Waals surface area contributed by atoms with Crippen molar-refractivity contribution < 1.29 is 42.3 Å². The highest BCUT2D eigenvalue weighted by molar-refractivity contribution is 6.48. The molecule has 0 radical (unpaired) electrons. The monoisotopic (exact) mass is 694 g/mol. The number of nitrogens with zero attached hydrogens (tertiary/aromatic N) is 1. The summed E-state index contributed by atoms with van der Waals surface area (Å²) < 4.78 is 45.5. The number of nitrogens with one attached hydrogen (secondary N) is 1. The number of carbonyl (C=O) groups is 3. The fourth-order valence-electron chi connectivity index (χ4n) is 7.93. The molecule has 12 heteroatoms. The van der Waals surface area contributed by atoms with E-state index in [-0.39, 0.29) is 47.4 Å². The van der Waals surface area contributed by atoms with E-state index in [4.69, 9.17) is 23.5 Å². The third kappa shape index (κ3) is 7.71. The first kappa shape index (κ1) is 37.7. The summed E-state index contributed by atoms with van der Waals surface area (Å²) in [4.78, 5) is 45.1. The van der Waals surface area contributed by atoms with Crippen LogP contribution in [0.4, 0.5) is 9.18 Å². The minimum Gasteiger partial charge on any atom is -0.495 e. The van der Waals surface area contributed by atoms with Crippen LogP contribution in [0, 0.1) is 30.0 Å². The Balaban J connectivity index is 1.51. The van der Waals surface area contributed by atoms with Crippen LogP contribution in [0.5, 0.6) is 5.75 Å². The molecule has 2 bridgehead atoms. The van der Waals surface area contributed by atoms with Gasteiger partial charge in [-0.05, 0) is 115 Å². The highest BCUT2D eigenvalue weighted by Gasteiger charge is 2.68. The molecule has 2 heterocycles. The lowest BCUT2D eigenvalue weighted by atomic mass is 9.43. The van der Waals surface area contributed by atoms with Crippen LogP contribution < -0.4 is 10.1 Å². The van der Waals surface area contributed by atoms with Crippen LogP contribution in [0.25, 0.3) is 0 Å². The first-order valence-electron chi connectivity index (χ1n) is 17.5. The first-order valence-corrected chi connectivity index (χ1v) is 17.5. The van der Waals surface area contributed by atoms with Gasteiger partial charge in [0, 0.05) is 18.4 Å². The number of halogens is 1. The minimum absolute atomic E-state index is 0.0188. The maximum atomic E-state index is 15.3. The Morgan fingerprint density at radius 3 is 2.30 bits per heavy atom. The van der Waals surface area contributed by atoms with Crippen LogP contribution in [0.3, 0.4) is 0 Å². The van der Waals surface area contributed by atoms with Crippen molar-refractivity contribution in [2.75, 3.05) is 7.11 Å². The predicted octanol–water partition coefficient (Wildman–Crippen LogP) is 7.36. The highest BCUT2D eigenvalue weighted by atomic mass is 19.1. The molecule has 2 aromatic rings. The minimum atomic E-state index is -1.13. The molecule has 2 unspecified atom stereocenters. The second kappa shape index (κ2) is 13.6. The number of esters is 1. The fraction of sp³-hybridized carbons (Fsp3) is 0.632. The van der Waals surface area contributed by atoms with Crippen molar-refractivity contribution in [2.24, 2.45) is 17.3 Å². The molecule has 1 amide bonds. The van der Waals surface area contributed by atoms with E-state index >= 15 is 4.39 Å². The third-order valence-corrected chi connectivity index (χ3v) is 10.5. The number of benzene rings is 1. The maximum absolute atomic E-state index is 15.3. The summed E-state index contributed by atoms with van der Waals surface area (Å²) in [6.07, 6.45) is 2.63. The topological polar surface area (TPSA) is 122 Å². The number of aryl methyl sites for hydroxylation is 1. The number of ether oxygens (including phenoxy) is 3. The van der Waals surface area contributed by atoms with E-state index in [0.29, 0.717) is 17.2 Å². The number of methoxy groups -OCH3 is 1. The summed E-state index contributed by atoms with van der Waals surface area (Å²) in [6.45, 7) is 18.8. The summed E-state index contributed by atoms with van der Waals surface area (Å²) >= 11 is 0. The number of Topliss-reactive ketones (excluding diaryl/α,β-unsaturated/α-hetero) is 1. The third-order valence-electron chi connectivity index (χ3n) is 10.5. The van der Waals surface area contributed by atoms with Crippen molar-refractivity contribution in [2.45, 2.75) is 130 Å². The summed E-state index contributed by atoms with van der Waals surface area (Å²) in [6, 6.07) is 5.13. The van der Waals surface area contributed by atoms with Gasteiger partial charge in [-0.1, -0.05) is 26.0 Å². The molecule has 6 atom stereocenters. The molecule has 272 valence electrons. The van der Waals surface area contributed by atoms with Gasteiger partial charge >= 0.3 is 19.2 Å². The molecule has 1 aliphatic heterocycles. The maximum Gasteiger partial charge on any atom is 0.461 e. The molecular weight excluding hydrogens is 642 g/mol. The van der Waals surface area contributed by atoms with Crippen molar-refractivity contribution in [1.29, 1.82) is 0 Å². The highest BCUT2D eigenvalue weighted by Crippen LogP contribution is 2.66. The van der Waals surface area contributed by atoms with Gasteiger partial charge in [0.1, 0.15) is 34.4 Å². The summed E-state index contributed by atoms with van der Waals surface area (Å²) in [5.74, 6) is -1.80. The van der Waals surface area contributed by atoms with Crippen LogP contribution in [-0.4, -0.2) is 60.0 Å². The second-order valence-corrected chi connectivity index (χ2v) is 16.9. The standard InChI is InChI=1S/C38H52BFN2O8/c1-21-12-15-26(41-20-21)31(42-34(45)48-36(5,6)7)27(43)19-24(39-49-29-18-23-17-28(37(23,8)9)38(29,10)50-39)16-22-13-14-25(40)30(32(22)46-11)33(44)47-35(2,3)4/h12-15,20,23-24,28-29,31H,16-19H2,1-11H3,(H,42,45)/t23-,24-,28+,29?,31?,38+/m1/s1. The lowest BCUT2D eigenvalue weighted by Crippen LogP contribution is -2.65. The molecule has 0 spiro atoms. The molecule has 4 fully saturated rings. The van der Waals surface area contributed by atoms with Crippen molar-refractivity contribution in [3.63, 3.8) is 0 Å². The van der Waals surface area contributed by atoms with Crippen molar-refractivity contribution >= 4 is 25.0 Å². The number of carbonyl (C=O) groups excluding carboxylic acids is 3. The van der Waals surface area contributed by atoms with Crippen LogP contribution in [0.1, 0.15) is 115 Å².